The Labute approximate surface area is 468 Å². The van der Waals surface area contributed by atoms with E-state index in [1.807, 2.05) is 0 Å². The molecular weight excluding hydrogens is 985 g/mol. The molecule has 2 heterocycles. The van der Waals surface area contributed by atoms with Gasteiger partial charge in [0.1, 0.15) is 11.2 Å². The number of benzene rings is 14. The van der Waals surface area contributed by atoms with Crippen LogP contribution in [0.2, 0.25) is 0 Å². The van der Waals surface area contributed by atoms with E-state index in [1.54, 1.807) is 0 Å². The smallest absolute Gasteiger partial charge is 0.159 e. The van der Waals surface area contributed by atoms with Crippen molar-refractivity contribution in [3.63, 3.8) is 0 Å². The van der Waals surface area contributed by atoms with Crippen LogP contribution in [0.3, 0.4) is 0 Å². The number of nitrogens with zero attached hydrogens (tertiary/aromatic N) is 2. The van der Waals surface area contributed by atoms with Crippen LogP contribution >= 0.6 is 0 Å². The summed E-state index contributed by atoms with van der Waals surface area (Å²) in [6.07, 6.45) is 0. The van der Waals surface area contributed by atoms with Gasteiger partial charge in [-0.25, -0.2) is 0 Å². The Kier molecular flexibility index (Phi) is 10.8. The fourth-order valence-electron chi connectivity index (χ4n) is 12.8. The van der Waals surface area contributed by atoms with E-state index in [2.05, 4.69) is 302 Å². The van der Waals surface area contributed by atoms with Crippen LogP contribution in [0, 0.1) is 6.92 Å². The highest BCUT2D eigenvalue weighted by Gasteiger charge is 2.30. The third kappa shape index (κ3) is 7.60. The molecule has 2 aromatic heterocycles. The van der Waals surface area contributed by atoms with Gasteiger partial charge >= 0.3 is 0 Å². The average molecular weight is 1040 g/mol. The van der Waals surface area contributed by atoms with Crippen LogP contribution in [0.15, 0.2) is 294 Å². The number of fused-ring (bicyclic) bond motifs is 6. The Bertz CT molecular complexity index is 4750. The molecule has 0 aliphatic rings. The number of rotatable bonds is 10. The van der Waals surface area contributed by atoms with E-state index in [0.29, 0.717) is 0 Å². The van der Waals surface area contributed by atoms with Crippen LogP contribution in [0.25, 0.3) is 121 Å². The zero-order valence-corrected chi connectivity index (χ0v) is 44.3. The van der Waals surface area contributed by atoms with Gasteiger partial charge in [0.05, 0.1) is 34.1 Å². The van der Waals surface area contributed by atoms with E-state index in [1.165, 1.54) is 27.1 Å². The SMILES string of the molecule is Cc1cc2ccc3c(N(c4ccc(-c5ccccc5)cc4-c4ccccc4)c4cccc5c4oc4ccccc45)cc(N(c4ccc(-c5ccccc5)cc4-c4ccccc4)c4cccc5c4oc4ccccc45)c4ccc(c1)c2c34. The predicted octanol–water partition coefficient (Wildman–Crippen LogP) is 22.3. The van der Waals surface area contributed by atoms with Gasteiger partial charge in [-0.05, 0) is 117 Å². The molecule has 81 heavy (non-hydrogen) atoms. The molecule has 0 N–H and O–H groups in total. The molecule has 380 valence electrons. The third-order valence-electron chi connectivity index (χ3n) is 16.4. The highest BCUT2D eigenvalue weighted by Crippen LogP contribution is 2.55. The van der Waals surface area contributed by atoms with Crippen LogP contribution in [-0.4, -0.2) is 0 Å². The Morgan fingerprint density at radius 2 is 0.642 bits per heavy atom. The Morgan fingerprint density at radius 3 is 1.09 bits per heavy atom. The van der Waals surface area contributed by atoms with Crippen molar-refractivity contribution in [2.24, 2.45) is 0 Å². The molecule has 0 radical (unpaired) electrons. The fraction of sp³-hybridized carbons (Fsp3) is 0.0130. The Hall–Kier alpha value is -10.7. The maximum atomic E-state index is 7.13. The highest BCUT2D eigenvalue weighted by atomic mass is 16.3. The molecule has 4 nitrogen and oxygen atoms in total. The summed E-state index contributed by atoms with van der Waals surface area (Å²) in [6, 6.07) is 103. The lowest BCUT2D eigenvalue weighted by Gasteiger charge is -2.34. The molecule has 16 rings (SSSR count). The van der Waals surface area contributed by atoms with Gasteiger partial charge in [0, 0.05) is 48.8 Å². The lowest BCUT2D eigenvalue weighted by Crippen LogP contribution is -2.16. The second kappa shape index (κ2) is 18.8. The first-order valence-corrected chi connectivity index (χ1v) is 27.7. The Balaban J connectivity index is 1.08. The third-order valence-corrected chi connectivity index (χ3v) is 16.4. The number of anilines is 6. The zero-order chi connectivity index (χ0) is 53.5. The average Bonchev–Trinajstić information content (AvgIpc) is 4.25. The van der Waals surface area contributed by atoms with Crippen molar-refractivity contribution in [3.05, 3.63) is 291 Å². The van der Waals surface area contributed by atoms with Crippen LogP contribution < -0.4 is 9.80 Å². The van der Waals surface area contributed by atoms with Crippen LogP contribution in [0.1, 0.15) is 5.56 Å². The maximum absolute atomic E-state index is 7.13. The van der Waals surface area contributed by atoms with Crippen molar-refractivity contribution in [3.8, 4) is 44.5 Å². The largest absolute Gasteiger partial charge is 0.454 e. The minimum absolute atomic E-state index is 0.805. The summed E-state index contributed by atoms with van der Waals surface area (Å²) in [7, 11) is 0. The first-order chi connectivity index (χ1) is 40.1. The van der Waals surface area contributed by atoms with Crippen molar-refractivity contribution in [1.29, 1.82) is 0 Å². The van der Waals surface area contributed by atoms with Crippen molar-refractivity contribution < 1.29 is 8.83 Å². The van der Waals surface area contributed by atoms with E-state index in [-0.39, 0.29) is 0 Å². The standard InChI is InChI=1S/C77H50N2O2/c1-49-44-56-36-40-62-70(78(68-32-18-30-60-58-28-14-16-34-72(58)80-76(60)68)66-42-38-54(50-20-6-2-7-21-50)46-64(66)52-24-10-4-11-25-52)48-71(63-41-37-57(45-49)74(56)75(62)63)79(69-33-19-31-61-59-29-15-17-35-73(59)81-77(61)69)67-43-39-55(51-22-8-3-9-23-51)47-65(67)53-26-12-5-13-27-53/h2-48H,1H3. The maximum Gasteiger partial charge on any atom is 0.159 e. The van der Waals surface area contributed by atoms with Crippen LogP contribution in [0.4, 0.5) is 34.1 Å². The normalized spacial score (nSPS) is 11.8. The molecule has 0 fully saturated rings. The predicted molar refractivity (Wildman–Crippen MR) is 341 cm³/mol. The number of hydrogen-bond acceptors (Lipinski definition) is 4. The van der Waals surface area contributed by atoms with Gasteiger partial charge in [0.2, 0.25) is 0 Å². The van der Waals surface area contributed by atoms with Crippen molar-refractivity contribution in [2.45, 2.75) is 6.92 Å². The molecule has 14 aromatic carbocycles. The fourth-order valence-corrected chi connectivity index (χ4v) is 12.8. The first-order valence-electron chi connectivity index (χ1n) is 27.7. The first kappa shape index (κ1) is 46.4. The number of aryl methyl sites for hydroxylation is 1. The monoisotopic (exact) mass is 1030 g/mol. The second-order valence-corrected chi connectivity index (χ2v) is 21.2. The van der Waals surface area contributed by atoms with Gasteiger partial charge in [-0.15, -0.1) is 0 Å². The molecule has 4 heteroatoms. The molecule has 0 atom stereocenters. The highest BCUT2D eigenvalue weighted by molar-refractivity contribution is 6.30. The summed E-state index contributed by atoms with van der Waals surface area (Å²) >= 11 is 0. The minimum atomic E-state index is 0.805. The summed E-state index contributed by atoms with van der Waals surface area (Å²) in [5.41, 5.74) is 19.3. The van der Waals surface area contributed by atoms with Gasteiger partial charge in [0.15, 0.2) is 11.2 Å². The molecule has 0 spiro atoms. The minimum Gasteiger partial charge on any atom is -0.454 e. The quantitative estimate of drug-likeness (QED) is 0.128. The summed E-state index contributed by atoms with van der Waals surface area (Å²) in [5, 5.41) is 11.2. The van der Waals surface area contributed by atoms with Crippen LogP contribution in [-0.2, 0) is 0 Å². The van der Waals surface area contributed by atoms with E-state index in [0.717, 1.165) is 133 Å². The van der Waals surface area contributed by atoms with Gasteiger partial charge in [0.25, 0.3) is 0 Å². The zero-order valence-electron chi connectivity index (χ0n) is 44.3. The van der Waals surface area contributed by atoms with E-state index in [9.17, 15) is 0 Å². The molecule has 0 saturated carbocycles. The molecule has 16 aromatic rings. The van der Waals surface area contributed by atoms with Gasteiger partial charge in [-0.3, -0.25) is 0 Å². The number of para-hydroxylation sites is 4. The molecule has 0 unspecified atom stereocenters. The van der Waals surface area contributed by atoms with E-state index in [4.69, 9.17) is 8.83 Å². The van der Waals surface area contributed by atoms with Crippen LogP contribution in [0.5, 0.6) is 0 Å². The van der Waals surface area contributed by atoms with Crippen molar-refractivity contribution >= 4 is 110 Å². The molecule has 0 aliphatic heterocycles. The molecule has 0 saturated heterocycles. The molecule has 0 amide bonds. The lowest BCUT2D eigenvalue weighted by atomic mass is 9.89. The molecule has 0 bridgehead atoms. The van der Waals surface area contributed by atoms with Crippen molar-refractivity contribution in [2.75, 3.05) is 9.80 Å². The summed E-state index contributed by atoms with van der Waals surface area (Å²) < 4.78 is 14.3. The lowest BCUT2D eigenvalue weighted by molar-refractivity contribution is 0.669. The summed E-state index contributed by atoms with van der Waals surface area (Å²) in [6.45, 7) is 2.20. The van der Waals surface area contributed by atoms with Gasteiger partial charge in [-0.1, -0.05) is 231 Å². The van der Waals surface area contributed by atoms with Crippen molar-refractivity contribution in [1.82, 2.24) is 0 Å². The summed E-state index contributed by atoms with van der Waals surface area (Å²) in [5.74, 6) is 0. The molecular formula is C77H50N2O2. The topological polar surface area (TPSA) is 32.8 Å². The number of furan rings is 2. The summed E-state index contributed by atoms with van der Waals surface area (Å²) in [4.78, 5) is 4.97. The van der Waals surface area contributed by atoms with E-state index < -0.39 is 0 Å². The Morgan fingerprint density at radius 1 is 0.247 bits per heavy atom. The second-order valence-electron chi connectivity index (χ2n) is 21.2. The van der Waals surface area contributed by atoms with Gasteiger partial charge in [-0.2, -0.15) is 0 Å². The number of hydrogen-bond donors (Lipinski definition) is 0. The molecule has 0 aliphatic carbocycles. The van der Waals surface area contributed by atoms with Gasteiger partial charge < -0.3 is 18.6 Å². The van der Waals surface area contributed by atoms with E-state index >= 15 is 0 Å².